The number of amides is 2. The van der Waals surface area contributed by atoms with Crippen LogP contribution < -0.4 is 9.46 Å². The molecule has 0 unspecified atom stereocenters. The number of carbonyl (C=O) groups is 2. The minimum atomic E-state index is -3.57. The number of aliphatic hydroxyl groups is 1. The molecule has 10 nitrogen and oxygen atoms in total. The van der Waals surface area contributed by atoms with Crippen LogP contribution in [0.1, 0.15) is 60.7 Å². The van der Waals surface area contributed by atoms with E-state index in [0.717, 1.165) is 25.5 Å². The van der Waals surface area contributed by atoms with Gasteiger partial charge in [0, 0.05) is 43.9 Å². The Labute approximate surface area is 243 Å². The molecule has 0 spiro atoms. The number of aliphatic hydroxyl groups excluding tert-OH is 1. The van der Waals surface area contributed by atoms with E-state index < -0.39 is 22.0 Å². The number of nitrogens with zero attached hydrogens (tertiary/aromatic N) is 2. The molecule has 3 rings (SSSR count). The van der Waals surface area contributed by atoms with E-state index in [1.165, 1.54) is 6.07 Å². The first kappa shape index (κ1) is 32.4. The number of anilines is 1. The van der Waals surface area contributed by atoms with Gasteiger partial charge in [-0.15, -0.1) is 0 Å². The van der Waals surface area contributed by atoms with Crippen LogP contribution in [0.25, 0.3) is 0 Å². The predicted octanol–water partition coefficient (Wildman–Crippen LogP) is 3.63. The molecule has 0 aliphatic carbocycles. The van der Waals surface area contributed by atoms with Crippen LogP contribution in [-0.2, 0) is 14.8 Å². The molecule has 11 heteroatoms. The van der Waals surface area contributed by atoms with Crippen molar-refractivity contribution >= 4 is 27.5 Å². The lowest BCUT2D eigenvalue weighted by molar-refractivity contribution is -0.0149. The molecule has 2 amide bonds. The summed E-state index contributed by atoms with van der Waals surface area (Å²) in [5, 5.41) is 10.1. The van der Waals surface area contributed by atoms with Gasteiger partial charge in [-0.3, -0.25) is 14.3 Å². The van der Waals surface area contributed by atoms with Gasteiger partial charge in [-0.25, -0.2) is 8.42 Å². The maximum Gasteiger partial charge on any atom is 0.258 e. The van der Waals surface area contributed by atoms with E-state index in [-0.39, 0.29) is 48.4 Å². The zero-order valence-corrected chi connectivity index (χ0v) is 25.4. The van der Waals surface area contributed by atoms with Crippen molar-refractivity contribution < 1.29 is 32.6 Å². The van der Waals surface area contributed by atoms with E-state index in [4.69, 9.17) is 9.47 Å². The molecule has 226 valence electrons. The number of likely N-dealkylation sites (N-methyl/N-ethyl adjacent to an activating group) is 1. The molecule has 0 bridgehead atoms. The lowest BCUT2D eigenvalue weighted by Crippen LogP contribution is -2.48. The average Bonchev–Trinajstić information content (AvgIpc) is 2.93. The Bertz CT molecular complexity index is 1270. The molecule has 0 fully saturated rings. The van der Waals surface area contributed by atoms with E-state index in [1.807, 2.05) is 32.0 Å². The summed E-state index contributed by atoms with van der Waals surface area (Å²) >= 11 is 0. The number of nitrogens with one attached hydrogen (secondary N) is 1. The molecule has 2 N–H and O–H groups in total. The van der Waals surface area contributed by atoms with Gasteiger partial charge in [0.1, 0.15) is 5.75 Å². The van der Waals surface area contributed by atoms with Crippen molar-refractivity contribution in [3.05, 3.63) is 59.7 Å². The highest BCUT2D eigenvalue weighted by atomic mass is 32.2. The SMILES string of the molecule is C[C@H](CO)N1C[C@H](C)[C@H](CN(C)C(=O)c2ccccc2)OCCCC[C@H](C)Oc2ccc(NS(C)(=O)=O)cc2C1=O. The molecule has 1 aliphatic rings. The fraction of sp³-hybridized carbons (Fsp3) is 0.533. The number of benzene rings is 2. The number of rotatable bonds is 7. The first-order valence-electron chi connectivity index (χ1n) is 14.0. The highest BCUT2D eigenvalue weighted by molar-refractivity contribution is 7.92. The van der Waals surface area contributed by atoms with Crippen molar-refractivity contribution in [2.45, 2.75) is 58.3 Å². The van der Waals surface area contributed by atoms with Crippen molar-refractivity contribution in [1.82, 2.24) is 9.80 Å². The number of carbonyl (C=O) groups excluding carboxylic acids is 2. The standard InChI is InChI=1S/C30H43N3O7S/c1-21-18-33(22(2)20-34)30(36)26-17-25(31-41(5,37)38)14-15-27(26)40-23(3)11-9-10-16-39-28(21)19-32(4)29(35)24-12-7-6-8-13-24/h6-8,12-15,17,21-23,28,31,34H,9-11,16,18-20H2,1-5H3/t21-,22+,23-,28-/m0/s1. The monoisotopic (exact) mass is 589 g/mol. The first-order chi connectivity index (χ1) is 19.4. The summed E-state index contributed by atoms with van der Waals surface area (Å²) in [6.07, 6.45) is 2.83. The van der Waals surface area contributed by atoms with Crippen molar-refractivity contribution in [3.8, 4) is 5.75 Å². The normalized spacial score (nSPS) is 21.7. The molecule has 4 atom stereocenters. The number of fused-ring (bicyclic) bond motifs is 1. The summed E-state index contributed by atoms with van der Waals surface area (Å²) in [5.74, 6) is -0.379. The van der Waals surface area contributed by atoms with Gasteiger partial charge >= 0.3 is 0 Å². The third kappa shape index (κ3) is 9.44. The molecule has 0 radical (unpaired) electrons. The Morgan fingerprint density at radius 3 is 2.54 bits per heavy atom. The highest BCUT2D eigenvalue weighted by Gasteiger charge is 2.31. The first-order valence-corrected chi connectivity index (χ1v) is 15.9. The Hall–Kier alpha value is -3.15. The molecule has 0 saturated carbocycles. The number of ether oxygens (including phenoxy) is 2. The molecular weight excluding hydrogens is 546 g/mol. The van der Waals surface area contributed by atoms with E-state index in [2.05, 4.69) is 4.72 Å². The summed E-state index contributed by atoms with van der Waals surface area (Å²) in [4.78, 5) is 30.3. The zero-order valence-electron chi connectivity index (χ0n) is 24.6. The van der Waals surface area contributed by atoms with Crippen LogP contribution in [0.15, 0.2) is 48.5 Å². The van der Waals surface area contributed by atoms with Gasteiger partial charge in [0.05, 0.1) is 36.7 Å². The van der Waals surface area contributed by atoms with Crippen LogP contribution >= 0.6 is 0 Å². The topological polar surface area (TPSA) is 125 Å². The van der Waals surface area contributed by atoms with E-state index >= 15 is 0 Å². The second-order valence-electron chi connectivity index (χ2n) is 10.9. The Balaban J connectivity index is 1.95. The van der Waals surface area contributed by atoms with Gasteiger partial charge in [-0.05, 0) is 63.4 Å². The van der Waals surface area contributed by atoms with Crippen LogP contribution in [0.3, 0.4) is 0 Å². The summed E-state index contributed by atoms with van der Waals surface area (Å²) in [5.41, 5.74) is 1.02. The van der Waals surface area contributed by atoms with E-state index in [9.17, 15) is 23.1 Å². The van der Waals surface area contributed by atoms with Crippen molar-refractivity contribution in [2.24, 2.45) is 5.92 Å². The lowest BCUT2D eigenvalue weighted by atomic mass is 10.0. The third-order valence-corrected chi connectivity index (χ3v) is 7.78. The van der Waals surface area contributed by atoms with Gasteiger partial charge in [0.25, 0.3) is 11.8 Å². The molecule has 1 heterocycles. The Morgan fingerprint density at radius 1 is 1.17 bits per heavy atom. The summed E-state index contributed by atoms with van der Waals surface area (Å²) < 4.78 is 38.7. The molecule has 0 saturated heterocycles. The minimum Gasteiger partial charge on any atom is -0.490 e. The molecule has 2 aromatic rings. The molecule has 2 aromatic carbocycles. The highest BCUT2D eigenvalue weighted by Crippen LogP contribution is 2.29. The maximum absolute atomic E-state index is 14.1. The van der Waals surface area contributed by atoms with Gasteiger partial charge in [0.2, 0.25) is 10.0 Å². The summed E-state index contributed by atoms with van der Waals surface area (Å²) in [6, 6.07) is 13.1. The Morgan fingerprint density at radius 2 is 1.88 bits per heavy atom. The molecular formula is C30H43N3O7S. The van der Waals surface area contributed by atoms with Gasteiger partial charge in [-0.1, -0.05) is 25.1 Å². The van der Waals surface area contributed by atoms with Crippen LogP contribution in [0, 0.1) is 5.92 Å². The quantitative estimate of drug-likeness (QED) is 0.505. The molecule has 1 aliphatic heterocycles. The largest absolute Gasteiger partial charge is 0.490 e. The predicted molar refractivity (Wildman–Crippen MR) is 159 cm³/mol. The van der Waals surface area contributed by atoms with Crippen LogP contribution in [-0.4, -0.2) is 93.0 Å². The smallest absolute Gasteiger partial charge is 0.258 e. The maximum atomic E-state index is 14.1. The third-order valence-electron chi connectivity index (χ3n) is 7.18. The number of hydrogen-bond acceptors (Lipinski definition) is 7. The average molecular weight is 590 g/mol. The van der Waals surface area contributed by atoms with Crippen LogP contribution in [0.2, 0.25) is 0 Å². The van der Waals surface area contributed by atoms with Gasteiger partial charge in [-0.2, -0.15) is 0 Å². The van der Waals surface area contributed by atoms with Crippen molar-refractivity contribution in [3.63, 3.8) is 0 Å². The Kier molecular flexibility index (Phi) is 11.6. The fourth-order valence-electron chi connectivity index (χ4n) is 4.82. The summed E-state index contributed by atoms with van der Waals surface area (Å²) in [7, 11) is -1.84. The van der Waals surface area contributed by atoms with Gasteiger partial charge < -0.3 is 24.4 Å². The van der Waals surface area contributed by atoms with Crippen molar-refractivity contribution in [1.29, 1.82) is 0 Å². The number of hydrogen-bond donors (Lipinski definition) is 2. The van der Waals surface area contributed by atoms with E-state index in [0.29, 0.717) is 24.5 Å². The second-order valence-corrected chi connectivity index (χ2v) is 12.7. The number of sulfonamides is 1. The van der Waals surface area contributed by atoms with E-state index in [1.54, 1.807) is 48.0 Å². The fourth-order valence-corrected chi connectivity index (χ4v) is 5.37. The second kappa shape index (κ2) is 14.7. The zero-order chi connectivity index (χ0) is 30.2. The minimum absolute atomic E-state index is 0.122. The molecule has 0 aromatic heterocycles. The van der Waals surface area contributed by atoms with Crippen molar-refractivity contribution in [2.75, 3.05) is 44.3 Å². The lowest BCUT2D eigenvalue weighted by Gasteiger charge is -2.36. The molecule has 41 heavy (non-hydrogen) atoms. The van der Waals surface area contributed by atoms with Crippen LogP contribution in [0.5, 0.6) is 5.75 Å². The van der Waals surface area contributed by atoms with Gasteiger partial charge in [0.15, 0.2) is 0 Å². The van der Waals surface area contributed by atoms with Crippen LogP contribution in [0.4, 0.5) is 5.69 Å². The summed E-state index contributed by atoms with van der Waals surface area (Å²) in [6.45, 7) is 6.41.